The molecule has 1 fully saturated rings. The molecule has 1 amide bonds. The number of carbonyl (C=O) groups is 1. The molecule has 156 valence electrons. The number of rotatable bonds is 4. The number of aromatic nitrogens is 1. The molecule has 3 aromatic rings. The van der Waals surface area contributed by atoms with Crippen LogP contribution >= 0.6 is 11.6 Å². The molecule has 1 atom stereocenters. The van der Waals surface area contributed by atoms with Crippen molar-refractivity contribution in [3.63, 3.8) is 0 Å². The zero-order valence-corrected chi connectivity index (χ0v) is 17.5. The lowest BCUT2D eigenvalue weighted by Crippen LogP contribution is -2.29. The van der Waals surface area contributed by atoms with Crippen molar-refractivity contribution in [1.29, 1.82) is 0 Å². The summed E-state index contributed by atoms with van der Waals surface area (Å²) in [6, 6.07) is 11.4. The van der Waals surface area contributed by atoms with Gasteiger partial charge in [0.2, 0.25) is 5.91 Å². The first-order valence-corrected chi connectivity index (χ1v) is 10.6. The van der Waals surface area contributed by atoms with Crippen molar-refractivity contribution < 1.29 is 14.3 Å². The van der Waals surface area contributed by atoms with E-state index >= 15 is 0 Å². The van der Waals surface area contributed by atoms with E-state index in [9.17, 15) is 14.3 Å². The van der Waals surface area contributed by atoms with Gasteiger partial charge in [-0.2, -0.15) is 0 Å². The summed E-state index contributed by atoms with van der Waals surface area (Å²) in [5.74, 6) is 0.0366. The number of amides is 1. The topological polar surface area (TPSA) is 62.2 Å². The normalized spacial score (nSPS) is 20.1. The third kappa shape index (κ3) is 4.26. The van der Waals surface area contributed by atoms with E-state index in [0.717, 1.165) is 42.1 Å². The van der Waals surface area contributed by atoms with Crippen LogP contribution in [0.15, 0.2) is 48.7 Å². The maximum Gasteiger partial charge on any atom is 0.227 e. The predicted molar refractivity (Wildman–Crippen MR) is 117 cm³/mol. The molecule has 1 aromatic heterocycles. The van der Waals surface area contributed by atoms with E-state index < -0.39 is 0 Å². The Morgan fingerprint density at radius 1 is 1.17 bits per heavy atom. The highest BCUT2D eigenvalue weighted by Gasteiger charge is 2.30. The molecule has 0 bridgehead atoms. The zero-order chi connectivity index (χ0) is 21.3. The van der Waals surface area contributed by atoms with Crippen molar-refractivity contribution in [2.24, 2.45) is 11.8 Å². The molecule has 2 aromatic carbocycles. The van der Waals surface area contributed by atoms with Crippen LogP contribution in [-0.2, 0) is 4.79 Å². The molecular formula is C24H24ClFN2O2. The van der Waals surface area contributed by atoms with Crippen LogP contribution in [0.1, 0.15) is 44.1 Å². The Hall–Kier alpha value is -2.66. The second-order valence-corrected chi connectivity index (χ2v) is 8.55. The average Bonchev–Trinajstić information content (AvgIpc) is 2.75. The number of anilines is 1. The van der Waals surface area contributed by atoms with Gasteiger partial charge >= 0.3 is 0 Å². The molecule has 0 spiro atoms. The highest BCUT2D eigenvalue weighted by Crippen LogP contribution is 2.41. The molecule has 4 rings (SSSR count). The number of phenolic OH excluding ortho intramolecular Hbond substituents is 1. The minimum absolute atomic E-state index is 0.0384. The van der Waals surface area contributed by atoms with E-state index in [1.54, 1.807) is 30.5 Å². The lowest BCUT2D eigenvalue weighted by Gasteiger charge is -2.32. The number of hydrogen-bond donors (Lipinski definition) is 2. The minimum atomic E-state index is -0.249. The summed E-state index contributed by atoms with van der Waals surface area (Å²) in [4.78, 5) is 17.1. The third-order valence-electron chi connectivity index (χ3n) is 6.29. The Balaban J connectivity index is 1.42. The number of carbonyl (C=O) groups excluding carboxylic acids is 1. The molecule has 1 aliphatic carbocycles. The molecule has 0 radical (unpaired) electrons. The molecule has 4 nitrogen and oxygen atoms in total. The molecule has 6 heteroatoms. The molecule has 0 saturated heterocycles. The van der Waals surface area contributed by atoms with Crippen molar-refractivity contribution in [1.82, 2.24) is 4.98 Å². The zero-order valence-electron chi connectivity index (χ0n) is 16.7. The summed E-state index contributed by atoms with van der Waals surface area (Å²) in [6.45, 7) is 1.94. The highest BCUT2D eigenvalue weighted by atomic mass is 35.5. The number of benzene rings is 2. The van der Waals surface area contributed by atoms with Crippen LogP contribution in [0.5, 0.6) is 5.75 Å². The molecule has 1 aliphatic rings. The fourth-order valence-electron chi connectivity index (χ4n) is 4.50. The van der Waals surface area contributed by atoms with Crippen LogP contribution in [0, 0.1) is 17.7 Å². The summed E-state index contributed by atoms with van der Waals surface area (Å²) < 4.78 is 13.8. The van der Waals surface area contributed by atoms with Gasteiger partial charge in [0.05, 0.1) is 11.2 Å². The van der Waals surface area contributed by atoms with E-state index in [-0.39, 0.29) is 29.3 Å². The fraction of sp³-hybridized carbons (Fsp3) is 0.333. The molecule has 0 aliphatic heterocycles. The Labute approximate surface area is 180 Å². The number of phenols is 1. The molecule has 1 saturated carbocycles. The Morgan fingerprint density at radius 2 is 1.93 bits per heavy atom. The smallest absolute Gasteiger partial charge is 0.227 e. The van der Waals surface area contributed by atoms with Gasteiger partial charge in [0.1, 0.15) is 11.6 Å². The largest absolute Gasteiger partial charge is 0.506 e. The average molecular weight is 427 g/mol. The molecule has 1 heterocycles. The lowest BCUT2D eigenvalue weighted by atomic mass is 9.73. The summed E-state index contributed by atoms with van der Waals surface area (Å²) in [5.41, 5.74) is 2.32. The van der Waals surface area contributed by atoms with E-state index in [4.69, 9.17) is 11.6 Å². The maximum absolute atomic E-state index is 13.8. The van der Waals surface area contributed by atoms with Gasteiger partial charge < -0.3 is 10.4 Å². The first kappa shape index (κ1) is 20.6. The summed E-state index contributed by atoms with van der Waals surface area (Å²) in [5, 5.41) is 14.1. The number of halogens is 2. The van der Waals surface area contributed by atoms with E-state index in [2.05, 4.69) is 10.3 Å². The van der Waals surface area contributed by atoms with Gasteiger partial charge in [-0.05, 0) is 79.5 Å². The van der Waals surface area contributed by atoms with Crippen molar-refractivity contribution in [2.75, 3.05) is 5.32 Å². The minimum Gasteiger partial charge on any atom is -0.506 e. The second-order valence-electron chi connectivity index (χ2n) is 8.11. The second kappa shape index (κ2) is 8.60. The number of nitrogens with zero attached hydrogens (tertiary/aromatic N) is 1. The first-order chi connectivity index (χ1) is 14.4. The van der Waals surface area contributed by atoms with Gasteiger partial charge in [-0.15, -0.1) is 0 Å². The first-order valence-electron chi connectivity index (χ1n) is 10.3. The van der Waals surface area contributed by atoms with Gasteiger partial charge in [0.15, 0.2) is 0 Å². The Bertz CT molecular complexity index is 1080. The Morgan fingerprint density at radius 3 is 2.67 bits per heavy atom. The summed E-state index contributed by atoms with van der Waals surface area (Å²) >= 11 is 5.85. The number of hydrogen-bond acceptors (Lipinski definition) is 3. The van der Waals surface area contributed by atoms with Gasteiger partial charge in [-0.3, -0.25) is 9.78 Å². The molecular weight excluding hydrogens is 403 g/mol. The SMILES string of the molecule is CC(C(=O)Nc1ccc(Cl)cc1O)C1CCC(c2ccnc3ccc(F)cc23)CC1. The molecule has 2 N–H and O–H groups in total. The monoisotopic (exact) mass is 426 g/mol. The van der Waals surface area contributed by atoms with E-state index in [0.29, 0.717) is 16.6 Å². The number of nitrogens with one attached hydrogen (secondary N) is 1. The Kier molecular flexibility index (Phi) is 5.91. The summed E-state index contributed by atoms with van der Waals surface area (Å²) in [7, 11) is 0. The van der Waals surface area contributed by atoms with Gasteiger partial charge in [-0.25, -0.2) is 4.39 Å². The highest BCUT2D eigenvalue weighted by molar-refractivity contribution is 6.30. The molecule has 30 heavy (non-hydrogen) atoms. The van der Waals surface area contributed by atoms with Crippen molar-refractivity contribution in [3.8, 4) is 5.75 Å². The van der Waals surface area contributed by atoms with Crippen LogP contribution in [0.2, 0.25) is 5.02 Å². The van der Waals surface area contributed by atoms with Crippen LogP contribution in [0.3, 0.4) is 0 Å². The van der Waals surface area contributed by atoms with Crippen molar-refractivity contribution in [3.05, 3.63) is 65.1 Å². The third-order valence-corrected chi connectivity index (χ3v) is 6.52. The van der Waals surface area contributed by atoms with E-state index in [1.165, 1.54) is 12.1 Å². The quantitative estimate of drug-likeness (QED) is 0.482. The van der Waals surface area contributed by atoms with Gasteiger partial charge in [-0.1, -0.05) is 18.5 Å². The molecule has 1 unspecified atom stereocenters. The van der Waals surface area contributed by atoms with Crippen LogP contribution < -0.4 is 5.32 Å². The fourth-order valence-corrected chi connectivity index (χ4v) is 4.66. The lowest BCUT2D eigenvalue weighted by molar-refractivity contribution is -0.121. The number of pyridine rings is 1. The predicted octanol–water partition coefficient (Wildman–Crippen LogP) is 6.28. The van der Waals surface area contributed by atoms with Crippen LogP contribution in [0.4, 0.5) is 10.1 Å². The van der Waals surface area contributed by atoms with Crippen LogP contribution in [0.25, 0.3) is 10.9 Å². The maximum atomic E-state index is 13.8. The van der Waals surface area contributed by atoms with Crippen molar-refractivity contribution in [2.45, 2.75) is 38.5 Å². The number of aromatic hydroxyl groups is 1. The van der Waals surface area contributed by atoms with Gasteiger partial charge in [0, 0.05) is 28.6 Å². The van der Waals surface area contributed by atoms with Crippen molar-refractivity contribution >= 4 is 34.1 Å². The van der Waals surface area contributed by atoms with Crippen LogP contribution in [-0.4, -0.2) is 16.0 Å². The summed E-state index contributed by atoms with van der Waals surface area (Å²) in [6.07, 6.45) is 5.53. The van der Waals surface area contributed by atoms with Gasteiger partial charge in [0.25, 0.3) is 0 Å². The standard InChI is InChI=1S/C24H24ClFN2O2/c1-14(24(30)28-22-8-6-17(25)12-23(22)29)15-2-4-16(5-3-15)19-10-11-27-21-9-7-18(26)13-20(19)21/h6-16,29H,2-5H2,1H3,(H,28,30). The number of fused-ring (bicyclic) bond motifs is 1. The van der Waals surface area contributed by atoms with E-state index in [1.807, 2.05) is 13.0 Å².